The minimum atomic E-state index is 0. The number of halogens is 2. The molecule has 0 atom stereocenters. The first kappa shape index (κ1) is 19.6. The van der Waals surface area contributed by atoms with E-state index in [1.54, 1.807) is 7.11 Å². The molecule has 0 aromatic carbocycles. The molecule has 4 nitrogen and oxygen atoms in total. The molecule has 0 aromatic rings. The largest absolute Gasteiger partial charge is 0.382 e. The van der Waals surface area contributed by atoms with Crippen LogP contribution in [0.15, 0.2) is 0 Å². The normalized spacial score (nSPS) is 10.4. The monoisotopic (exact) mass is 544 g/mol. The molecule has 0 fully saturated rings. The van der Waals surface area contributed by atoms with Crippen LogP contribution in [0, 0.1) is 0 Å². The maximum absolute atomic E-state index is 5.27. The molecule has 0 bridgehead atoms. The second kappa shape index (κ2) is 16.2. The third-order valence-electron chi connectivity index (χ3n) is 1.28. The summed E-state index contributed by atoms with van der Waals surface area (Å²) in [5, 5.41) is 0. The van der Waals surface area contributed by atoms with Crippen LogP contribution in [0.2, 0.25) is 0 Å². The Hall–Kier alpha value is 2.22. The molecular formula is C8H16CdI2O4. The van der Waals surface area contributed by atoms with Gasteiger partial charge in [-0.05, 0) is 45.2 Å². The second-order valence-corrected chi connectivity index (χ2v) is 7.00. The van der Waals surface area contributed by atoms with Crippen LogP contribution in [0.5, 0.6) is 0 Å². The average Bonchev–Trinajstić information content (AvgIpc) is 2.15. The van der Waals surface area contributed by atoms with Crippen molar-refractivity contribution in [3.8, 4) is 0 Å². The van der Waals surface area contributed by atoms with E-state index in [0.29, 0.717) is 39.6 Å². The molecule has 0 aromatic heterocycles. The molecule has 0 N–H and O–H groups in total. The molecule has 88 valence electrons. The zero-order chi connectivity index (χ0) is 10.6. The Morgan fingerprint density at radius 2 is 1.33 bits per heavy atom. The number of hydrogen-bond donors (Lipinski definition) is 0. The predicted octanol–water partition coefficient (Wildman–Crippen LogP) is 1.83. The summed E-state index contributed by atoms with van der Waals surface area (Å²) in [5.74, 6) is 0. The van der Waals surface area contributed by atoms with Gasteiger partial charge in [0.25, 0.3) is 0 Å². The first-order valence-electron chi connectivity index (χ1n) is 4.31. The van der Waals surface area contributed by atoms with Crippen molar-refractivity contribution < 1.29 is 46.2 Å². The van der Waals surface area contributed by atoms with E-state index in [4.69, 9.17) is 18.9 Å². The van der Waals surface area contributed by atoms with Gasteiger partial charge in [-0.25, -0.2) is 0 Å². The molecule has 0 saturated carbocycles. The van der Waals surface area contributed by atoms with E-state index in [1.165, 1.54) is 0 Å². The van der Waals surface area contributed by atoms with Crippen molar-refractivity contribution in [2.75, 3.05) is 46.8 Å². The van der Waals surface area contributed by atoms with E-state index in [0.717, 1.165) is 0 Å². The van der Waals surface area contributed by atoms with E-state index >= 15 is 0 Å². The smallest absolute Gasteiger partial charge is 0.159 e. The van der Waals surface area contributed by atoms with Crippen molar-refractivity contribution in [2.24, 2.45) is 0 Å². The second-order valence-electron chi connectivity index (χ2n) is 2.35. The standard InChI is InChI=1S/C8H16I2O4.Cd/c1-11-2-3-12-4-5-13-6-7-14-8(9)10;/h8H,2-7H2,1H3;. The van der Waals surface area contributed by atoms with Gasteiger partial charge in [0.15, 0.2) is 2.12 Å². The Labute approximate surface area is 139 Å². The number of hydrogen-bond acceptors (Lipinski definition) is 4. The van der Waals surface area contributed by atoms with Gasteiger partial charge < -0.3 is 18.9 Å². The topological polar surface area (TPSA) is 36.9 Å². The molecule has 0 aliphatic heterocycles. The third kappa shape index (κ3) is 18.8. The van der Waals surface area contributed by atoms with Crippen LogP contribution in [0.3, 0.4) is 0 Å². The summed E-state index contributed by atoms with van der Waals surface area (Å²) in [6, 6.07) is 0. The van der Waals surface area contributed by atoms with Gasteiger partial charge in [0.1, 0.15) is 0 Å². The zero-order valence-corrected chi connectivity index (χ0v) is 17.3. The Balaban J connectivity index is 0. The van der Waals surface area contributed by atoms with Gasteiger partial charge in [0.2, 0.25) is 0 Å². The van der Waals surface area contributed by atoms with Crippen LogP contribution in [0.4, 0.5) is 0 Å². The van der Waals surface area contributed by atoms with Gasteiger partial charge >= 0.3 is 0 Å². The molecule has 0 spiro atoms. The maximum atomic E-state index is 5.27. The number of rotatable bonds is 10. The molecular weight excluding hydrogens is 526 g/mol. The van der Waals surface area contributed by atoms with E-state index in [9.17, 15) is 0 Å². The van der Waals surface area contributed by atoms with Crippen molar-refractivity contribution >= 4 is 45.2 Å². The summed E-state index contributed by atoms with van der Waals surface area (Å²) in [4.78, 5) is 0. The third-order valence-corrected chi connectivity index (χ3v) is 1.99. The van der Waals surface area contributed by atoms with Gasteiger partial charge in [0, 0.05) is 34.4 Å². The Morgan fingerprint density at radius 3 is 1.80 bits per heavy atom. The van der Waals surface area contributed by atoms with Crippen molar-refractivity contribution in [1.82, 2.24) is 0 Å². The van der Waals surface area contributed by atoms with Gasteiger partial charge in [0.05, 0.1) is 39.6 Å². The maximum Gasteiger partial charge on any atom is 0.159 e. The SMILES string of the molecule is COCCOCCOCCOC(I)I.[Cd]. The number of methoxy groups -OCH3 is 1. The van der Waals surface area contributed by atoms with Crippen LogP contribution >= 0.6 is 45.2 Å². The summed E-state index contributed by atoms with van der Waals surface area (Å²) in [6.07, 6.45) is 0. The summed E-state index contributed by atoms with van der Waals surface area (Å²) < 4.78 is 20.8. The van der Waals surface area contributed by atoms with Crippen LogP contribution < -0.4 is 0 Å². The van der Waals surface area contributed by atoms with Gasteiger partial charge in [-0.2, -0.15) is 0 Å². The first-order valence-corrected chi connectivity index (χ1v) is 6.80. The molecule has 0 saturated heterocycles. The molecule has 0 unspecified atom stereocenters. The van der Waals surface area contributed by atoms with Crippen molar-refractivity contribution in [1.29, 1.82) is 0 Å². The summed E-state index contributed by atoms with van der Waals surface area (Å²) in [5.41, 5.74) is 0. The molecule has 0 radical (unpaired) electrons. The van der Waals surface area contributed by atoms with Crippen molar-refractivity contribution in [2.45, 2.75) is 2.12 Å². The van der Waals surface area contributed by atoms with E-state index in [2.05, 4.69) is 45.2 Å². The van der Waals surface area contributed by atoms with E-state index < -0.39 is 0 Å². The Kier molecular flexibility index (Phi) is 21.2. The summed E-state index contributed by atoms with van der Waals surface area (Å²) in [6.45, 7) is 3.74. The van der Waals surface area contributed by atoms with E-state index in [1.807, 2.05) is 0 Å². The van der Waals surface area contributed by atoms with Gasteiger partial charge in [-0.15, -0.1) is 0 Å². The fraction of sp³-hybridized carbons (Fsp3) is 1.00. The molecule has 15 heavy (non-hydrogen) atoms. The fourth-order valence-corrected chi connectivity index (χ4v) is 1.17. The zero-order valence-electron chi connectivity index (χ0n) is 8.92. The predicted molar refractivity (Wildman–Crippen MR) is 71.3 cm³/mol. The van der Waals surface area contributed by atoms with E-state index in [-0.39, 0.29) is 29.4 Å². The first-order chi connectivity index (χ1) is 6.77. The van der Waals surface area contributed by atoms with Crippen LogP contribution in [-0.2, 0) is 46.2 Å². The van der Waals surface area contributed by atoms with Crippen molar-refractivity contribution in [3.05, 3.63) is 0 Å². The average molecular weight is 542 g/mol. The molecule has 7 heteroatoms. The minimum absolute atomic E-state index is 0. The molecule has 0 aliphatic rings. The van der Waals surface area contributed by atoms with Crippen LogP contribution in [-0.4, -0.2) is 48.9 Å². The number of alkyl halides is 2. The molecule has 0 aliphatic carbocycles. The van der Waals surface area contributed by atoms with Crippen molar-refractivity contribution in [3.63, 3.8) is 0 Å². The molecule has 0 heterocycles. The summed E-state index contributed by atoms with van der Waals surface area (Å²) in [7, 11) is 1.65. The van der Waals surface area contributed by atoms with Gasteiger partial charge in [-0.3, -0.25) is 0 Å². The Morgan fingerprint density at radius 1 is 0.867 bits per heavy atom. The van der Waals surface area contributed by atoms with Crippen LogP contribution in [0.1, 0.15) is 0 Å². The van der Waals surface area contributed by atoms with Crippen LogP contribution in [0.25, 0.3) is 0 Å². The quantitative estimate of drug-likeness (QED) is 0.183. The van der Waals surface area contributed by atoms with Gasteiger partial charge in [-0.1, -0.05) is 0 Å². The summed E-state index contributed by atoms with van der Waals surface area (Å²) >= 11 is 4.39. The molecule has 0 rings (SSSR count). The number of ether oxygens (including phenoxy) is 4. The fourth-order valence-electron chi connectivity index (χ4n) is 0.660. The molecule has 0 amide bonds. The minimum Gasteiger partial charge on any atom is -0.382 e. The Bertz CT molecular complexity index is 119.